The highest BCUT2D eigenvalue weighted by Crippen LogP contribution is 2.26. The molecule has 1 N–H and O–H groups in total. The molecule has 0 saturated carbocycles. The van der Waals surface area contributed by atoms with Crippen LogP contribution < -0.4 is 17.0 Å². The van der Waals surface area contributed by atoms with Crippen molar-refractivity contribution in [3.63, 3.8) is 0 Å². The molecule has 0 atom stereocenters. The van der Waals surface area contributed by atoms with Crippen LogP contribution in [-0.4, -0.2) is 19.1 Å². The smallest absolute Gasteiger partial charge is 0.277 e. The van der Waals surface area contributed by atoms with E-state index in [4.69, 9.17) is 11.6 Å². The van der Waals surface area contributed by atoms with Gasteiger partial charge in [0.2, 0.25) is 5.62 Å². The highest BCUT2D eigenvalue weighted by molar-refractivity contribution is 7.18. The SMILES string of the molecule is CCc1nc2ccc(/N=c3\[nH]c(=O)n(CC)c(=O)n3Cc3ccc(Cl)cc3)cc2s1. The molecule has 4 aromatic rings. The van der Waals surface area contributed by atoms with Gasteiger partial charge in [-0.2, -0.15) is 0 Å². The predicted molar refractivity (Wildman–Crippen MR) is 120 cm³/mol. The summed E-state index contributed by atoms with van der Waals surface area (Å²) in [5.74, 6) is 0. The van der Waals surface area contributed by atoms with E-state index in [1.165, 1.54) is 4.57 Å². The predicted octanol–water partition coefficient (Wildman–Crippen LogP) is 3.46. The summed E-state index contributed by atoms with van der Waals surface area (Å²) in [5.41, 5.74) is 1.73. The van der Waals surface area contributed by atoms with Crippen molar-refractivity contribution in [2.45, 2.75) is 33.4 Å². The lowest BCUT2D eigenvalue weighted by Crippen LogP contribution is -2.49. The lowest BCUT2D eigenvalue weighted by atomic mass is 10.2. The molecule has 0 fully saturated rings. The highest BCUT2D eigenvalue weighted by Gasteiger charge is 2.09. The third-order valence-corrected chi connectivity index (χ3v) is 6.12. The van der Waals surface area contributed by atoms with Gasteiger partial charge in [0, 0.05) is 11.6 Å². The zero-order valence-electron chi connectivity index (χ0n) is 16.6. The highest BCUT2D eigenvalue weighted by atomic mass is 35.5. The summed E-state index contributed by atoms with van der Waals surface area (Å²) >= 11 is 7.58. The van der Waals surface area contributed by atoms with E-state index in [-0.39, 0.29) is 18.7 Å². The first-order valence-corrected chi connectivity index (χ1v) is 10.8. The summed E-state index contributed by atoms with van der Waals surface area (Å²) in [6.07, 6.45) is 0.871. The lowest BCUT2D eigenvalue weighted by molar-refractivity contribution is 0.541. The van der Waals surface area contributed by atoms with Gasteiger partial charge in [-0.25, -0.2) is 24.1 Å². The molecule has 30 heavy (non-hydrogen) atoms. The Kier molecular flexibility index (Phi) is 5.69. The van der Waals surface area contributed by atoms with Gasteiger partial charge < -0.3 is 0 Å². The number of halogens is 1. The van der Waals surface area contributed by atoms with Crippen LogP contribution in [0.4, 0.5) is 5.69 Å². The molecular formula is C21H20ClN5O2S. The Balaban J connectivity index is 1.88. The molecule has 4 rings (SSSR count). The number of hydrogen-bond acceptors (Lipinski definition) is 5. The van der Waals surface area contributed by atoms with Gasteiger partial charge >= 0.3 is 11.4 Å². The topological polar surface area (TPSA) is 85.0 Å². The Bertz CT molecular complexity index is 1400. The van der Waals surface area contributed by atoms with Crippen LogP contribution >= 0.6 is 22.9 Å². The number of aromatic amines is 1. The molecule has 9 heteroatoms. The van der Waals surface area contributed by atoms with E-state index < -0.39 is 11.4 Å². The van der Waals surface area contributed by atoms with Gasteiger partial charge in [-0.15, -0.1) is 11.3 Å². The van der Waals surface area contributed by atoms with Gasteiger partial charge in [-0.05, 0) is 49.2 Å². The van der Waals surface area contributed by atoms with Crippen LogP contribution in [0.3, 0.4) is 0 Å². The summed E-state index contributed by atoms with van der Waals surface area (Å²) in [4.78, 5) is 37.3. The molecule has 0 unspecified atom stereocenters. The van der Waals surface area contributed by atoms with Crippen LogP contribution in [0.1, 0.15) is 24.4 Å². The van der Waals surface area contributed by atoms with Crippen molar-refractivity contribution >= 4 is 38.8 Å². The van der Waals surface area contributed by atoms with Crippen LogP contribution in [0.25, 0.3) is 10.2 Å². The molecular weight excluding hydrogens is 422 g/mol. The molecule has 0 aliphatic rings. The number of nitrogens with zero attached hydrogens (tertiary/aromatic N) is 4. The molecule has 2 heterocycles. The Morgan fingerprint density at radius 2 is 1.87 bits per heavy atom. The number of nitrogens with one attached hydrogen (secondary N) is 1. The minimum Gasteiger partial charge on any atom is -0.277 e. The van der Waals surface area contributed by atoms with Crippen LogP contribution in [0.2, 0.25) is 5.02 Å². The zero-order chi connectivity index (χ0) is 21.3. The largest absolute Gasteiger partial charge is 0.335 e. The second-order valence-electron chi connectivity index (χ2n) is 6.72. The molecule has 0 aliphatic carbocycles. The summed E-state index contributed by atoms with van der Waals surface area (Å²) in [5, 5.41) is 1.67. The second kappa shape index (κ2) is 8.41. The first-order valence-electron chi connectivity index (χ1n) is 9.61. The van der Waals surface area contributed by atoms with Crippen molar-refractivity contribution < 1.29 is 0 Å². The minimum atomic E-state index is -0.485. The Morgan fingerprint density at radius 3 is 2.57 bits per heavy atom. The molecule has 0 radical (unpaired) electrons. The van der Waals surface area contributed by atoms with Crippen molar-refractivity contribution in [2.24, 2.45) is 4.99 Å². The summed E-state index contributed by atoms with van der Waals surface area (Å²) < 4.78 is 3.62. The molecule has 154 valence electrons. The summed E-state index contributed by atoms with van der Waals surface area (Å²) in [6.45, 7) is 4.34. The maximum Gasteiger partial charge on any atom is 0.335 e. The van der Waals surface area contributed by atoms with E-state index in [1.54, 1.807) is 30.4 Å². The molecule has 0 amide bonds. The molecule has 0 aliphatic heterocycles. The average Bonchev–Trinajstić information content (AvgIpc) is 3.15. The van der Waals surface area contributed by atoms with Crippen molar-refractivity contribution in [1.29, 1.82) is 0 Å². The minimum absolute atomic E-state index is 0.198. The van der Waals surface area contributed by atoms with E-state index in [0.717, 1.165) is 31.8 Å². The van der Waals surface area contributed by atoms with Crippen LogP contribution in [-0.2, 0) is 19.5 Å². The molecule has 2 aromatic carbocycles. The van der Waals surface area contributed by atoms with Crippen molar-refractivity contribution in [3.05, 3.63) is 84.6 Å². The third-order valence-electron chi connectivity index (χ3n) is 4.71. The first kappa shape index (κ1) is 20.3. The van der Waals surface area contributed by atoms with Crippen molar-refractivity contribution in [3.8, 4) is 0 Å². The van der Waals surface area contributed by atoms with Crippen LogP contribution in [0.5, 0.6) is 0 Å². The lowest BCUT2D eigenvalue weighted by Gasteiger charge is -2.10. The molecule has 0 bridgehead atoms. The zero-order valence-corrected chi connectivity index (χ0v) is 18.1. The van der Waals surface area contributed by atoms with Crippen LogP contribution in [0.15, 0.2) is 57.0 Å². The first-order chi connectivity index (χ1) is 14.5. The number of aromatic nitrogens is 4. The number of benzene rings is 2. The Labute approximate surface area is 181 Å². The standard InChI is InChI=1S/C21H20ClN5O2S/c1-3-18-24-16-10-9-15(11-17(16)30-18)23-19-25-20(28)26(4-2)21(29)27(19)12-13-5-7-14(22)8-6-13/h5-11H,3-4,12H2,1-2H3,(H,23,25,28). The van der Waals surface area contributed by atoms with E-state index in [2.05, 4.69) is 21.9 Å². The molecule has 0 saturated heterocycles. The fourth-order valence-electron chi connectivity index (χ4n) is 3.14. The maximum absolute atomic E-state index is 13.0. The second-order valence-corrected chi connectivity index (χ2v) is 8.27. The van der Waals surface area contributed by atoms with Crippen molar-refractivity contribution in [1.82, 2.24) is 19.1 Å². The number of fused-ring (bicyclic) bond motifs is 1. The van der Waals surface area contributed by atoms with Gasteiger partial charge in [0.25, 0.3) is 0 Å². The molecule has 7 nitrogen and oxygen atoms in total. The van der Waals surface area contributed by atoms with Gasteiger partial charge in [-0.1, -0.05) is 30.7 Å². The van der Waals surface area contributed by atoms with Gasteiger partial charge in [0.1, 0.15) is 0 Å². The summed E-state index contributed by atoms with van der Waals surface area (Å²) in [7, 11) is 0. The van der Waals surface area contributed by atoms with Gasteiger partial charge in [0.05, 0.1) is 27.5 Å². The van der Waals surface area contributed by atoms with Gasteiger partial charge in [-0.3, -0.25) is 9.55 Å². The number of H-pyrrole nitrogens is 1. The number of rotatable bonds is 5. The quantitative estimate of drug-likeness (QED) is 0.514. The fourth-order valence-corrected chi connectivity index (χ4v) is 4.21. The third kappa shape index (κ3) is 4.01. The Morgan fingerprint density at radius 1 is 1.10 bits per heavy atom. The van der Waals surface area contributed by atoms with Gasteiger partial charge in [0.15, 0.2) is 0 Å². The van der Waals surface area contributed by atoms with E-state index in [0.29, 0.717) is 10.7 Å². The number of aryl methyl sites for hydroxylation is 1. The van der Waals surface area contributed by atoms with Crippen LogP contribution in [0, 0.1) is 0 Å². The van der Waals surface area contributed by atoms with E-state index in [9.17, 15) is 9.59 Å². The maximum atomic E-state index is 13.0. The van der Waals surface area contributed by atoms with E-state index >= 15 is 0 Å². The molecule has 0 spiro atoms. The summed E-state index contributed by atoms with van der Waals surface area (Å²) in [6, 6.07) is 12.9. The number of thiazole rings is 1. The average molecular weight is 442 g/mol. The monoisotopic (exact) mass is 441 g/mol. The van der Waals surface area contributed by atoms with Crippen molar-refractivity contribution in [2.75, 3.05) is 0 Å². The Hall–Kier alpha value is -2.97. The normalized spacial score (nSPS) is 12.0. The molecule has 2 aromatic heterocycles. The van der Waals surface area contributed by atoms with E-state index in [1.807, 2.05) is 30.3 Å². The number of hydrogen-bond donors (Lipinski definition) is 1. The fraction of sp³-hybridized carbons (Fsp3) is 0.238.